The third kappa shape index (κ3) is 3.07. The predicted octanol–water partition coefficient (Wildman–Crippen LogP) is 5.20. The van der Waals surface area contributed by atoms with E-state index in [0.29, 0.717) is 5.56 Å². The van der Waals surface area contributed by atoms with Gasteiger partial charge in [-0.25, -0.2) is 4.39 Å². The lowest BCUT2D eigenvalue weighted by Gasteiger charge is -2.01. The van der Waals surface area contributed by atoms with E-state index in [9.17, 15) is 4.39 Å². The smallest absolute Gasteiger partial charge is 0.139 e. The molecule has 0 aliphatic carbocycles. The largest absolute Gasteiger partial charge is 0.206 e. The molecule has 0 atom stereocenters. The van der Waals surface area contributed by atoms with Crippen molar-refractivity contribution < 1.29 is 4.39 Å². The van der Waals surface area contributed by atoms with Crippen molar-refractivity contribution >= 4 is 0 Å². The molecule has 0 spiro atoms. The lowest BCUT2D eigenvalue weighted by Crippen LogP contribution is -1.87. The minimum Gasteiger partial charge on any atom is -0.206 e. The first-order valence-corrected chi connectivity index (χ1v) is 7.17. The van der Waals surface area contributed by atoms with Gasteiger partial charge in [0.25, 0.3) is 0 Å². The van der Waals surface area contributed by atoms with E-state index in [1.807, 2.05) is 55.5 Å². The zero-order chi connectivity index (χ0) is 15.4. The Labute approximate surface area is 130 Å². The van der Waals surface area contributed by atoms with Gasteiger partial charge in [0.1, 0.15) is 5.82 Å². The molecule has 0 N–H and O–H groups in total. The van der Waals surface area contributed by atoms with Crippen LogP contribution in [0.2, 0.25) is 0 Å². The molecule has 1 heteroatoms. The second-order valence-corrected chi connectivity index (χ2v) is 5.13. The maximum absolute atomic E-state index is 13.7. The first-order chi connectivity index (χ1) is 10.7. The first-order valence-electron chi connectivity index (χ1n) is 7.17. The lowest BCUT2D eigenvalue weighted by molar-refractivity contribution is 0.623. The van der Waals surface area contributed by atoms with Gasteiger partial charge in [-0.05, 0) is 41.8 Å². The van der Waals surface area contributed by atoms with Crippen molar-refractivity contribution in [3.05, 3.63) is 95.3 Å². The number of rotatable bonds is 1. The molecular weight excluding hydrogens is 271 g/mol. The molecule has 0 aliphatic rings. The molecule has 0 aromatic heterocycles. The summed E-state index contributed by atoms with van der Waals surface area (Å²) in [6.07, 6.45) is 0. The van der Waals surface area contributed by atoms with Gasteiger partial charge in [0.05, 0.1) is 5.56 Å². The van der Waals surface area contributed by atoms with Crippen molar-refractivity contribution in [2.75, 3.05) is 0 Å². The molecule has 0 saturated heterocycles. The number of benzene rings is 3. The van der Waals surface area contributed by atoms with Crippen molar-refractivity contribution in [1.82, 2.24) is 0 Å². The Kier molecular flexibility index (Phi) is 4.03. The van der Waals surface area contributed by atoms with Crippen LogP contribution in [0.5, 0.6) is 0 Å². The molecule has 3 rings (SSSR count). The van der Waals surface area contributed by atoms with Crippen molar-refractivity contribution in [2.45, 2.75) is 6.92 Å². The second kappa shape index (κ2) is 6.28. The Morgan fingerprint density at radius 1 is 0.682 bits per heavy atom. The van der Waals surface area contributed by atoms with E-state index < -0.39 is 0 Å². The number of hydrogen-bond donors (Lipinski definition) is 0. The molecule has 0 unspecified atom stereocenters. The SMILES string of the molecule is Cc1cccc(F)c1C#Cc1ccc(-c2ccccc2)cc1. The van der Waals surface area contributed by atoms with Gasteiger partial charge in [-0.2, -0.15) is 0 Å². The highest BCUT2D eigenvalue weighted by molar-refractivity contribution is 5.64. The highest BCUT2D eigenvalue weighted by Crippen LogP contribution is 2.19. The summed E-state index contributed by atoms with van der Waals surface area (Å²) < 4.78 is 13.7. The molecule has 0 bridgehead atoms. The van der Waals surface area contributed by atoms with E-state index in [2.05, 4.69) is 24.0 Å². The van der Waals surface area contributed by atoms with E-state index in [1.165, 1.54) is 11.6 Å². The van der Waals surface area contributed by atoms with Crippen LogP contribution in [0.1, 0.15) is 16.7 Å². The van der Waals surface area contributed by atoms with Gasteiger partial charge in [0.2, 0.25) is 0 Å². The van der Waals surface area contributed by atoms with E-state index in [0.717, 1.165) is 16.7 Å². The monoisotopic (exact) mass is 286 g/mol. The molecule has 0 saturated carbocycles. The number of aryl methyl sites for hydroxylation is 1. The molecule has 22 heavy (non-hydrogen) atoms. The summed E-state index contributed by atoms with van der Waals surface area (Å²) in [5.41, 5.74) is 4.52. The van der Waals surface area contributed by atoms with E-state index in [1.54, 1.807) is 6.07 Å². The Morgan fingerprint density at radius 3 is 2.05 bits per heavy atom. The molecule has 3 aromatic rings. The topological polar surface area (TPSA) is 0 Å². The number of hydrogen-bond acceptors (Lipinski definition) is 0. The molecular formula is C21H15F. The fourth-order valence-electron chi connectivity index (χ4n) is 2.30. The van der Waals surface area contributed by atoms with Crippen molar-refractivity contribution in [3.63, 3.8) is 0 Å². The lowest BCUT2D eigenvalue weighted by atomic mass is 10.0. The van der Waals surface area contributed by atoms with Crippen LogP contribution in [0.4, 0.5) is 4.39 Å². The molecule has 0 fully saturated rings. The van der Waals surface area contributed by atoms with E-state index >= 15 is 0 Å². The van der Waals surface area contributed by atoms with Gasteiger partial charge < -0.3 is 0 Å². The molecule has 0 amide bonds. The number of halogens is 1. The Balaban J connectivity index is 1.88. The second-order valence-electron chi connectivity index (χ2n) is 5.13. The van der Waals surface area contributed by atoms with E-state index in [-0.39, 0.29) is 5.82 Å². The third-order valence-electron chi connectivity index (χ3n) is 3.55. The van der Waals surface area contributed by atoms with Crippen LogP contribution in [0.25, 0.3) is 11.1 Å². The highest BCUT2D eigenvalue weighted by Gasteiger charge is 2.01. The van der Waals surface area contributed by atoms with Crippen LogP contribution >= 0.6 is 0 Å². The van der Waals surface area contributed by atoms with E-state index in [4.69, 9.17) is 0 Å². The van der Waals surface area contributed by atoms with Crippen LogP contribution in [0, 0.1) is 24.6 Å². The Morgan fingerprint density at radius 2 is 1.36 bits per heavy atom. The summed E-state index contributed by atoms with van der Waals surface area (Å²) in [7, 11) is 0. The van der Waals surface area contributed by atoms with Crippen molar-refractivity contribution in [2.24, 2.45) is 0 Å². The Hall–Kier alpha value is -2.85. The molecule has 0 heterocycles. The van der Waals surface area contributed by atoms with Gasteiger partial charge in [-0.15, -0.1) is 0 Å². The molecule has 106 valence electrons. The van der Waals surface area contributed by atoms with Crippen LogP contribution in [0.3, 0.4) is 0 Å². The molecule has 0 radical (unpaired) electrons. The van der Waals surface area contributed by atoms with Gasteiger partial charge >= 0.3 is 0 Å². The fourth-order valence-corrected chi connectivity index (χ4v) is 2.30. The maximum atomic E-state index is 13.7. The van der Waals surface area contributed by atoms with Crippen LogP contribution < -0.4 is 0 Å². The fraction of sp³-hybridized carbons (Fsp3) is 0.0476. The van der Waals surface area contributed by atoms with Crippen molar-refractivity contribution in [1.29, 1.82) is 0 Å². The molecule has 0 nitrogen and oxygen atoms in total. The average Bonchev–Trinajstić information content (AvgIpc) is 2.56. The van der Waals surface area contributed by atoms with Gasteiger partial charge in [-0.3, -0.25) is 0 Å². The normalized spacial score (nSPS) is 9.91. The van der Waals surface area contributed by atoms with Crippen LogP contribution in [0.15, 0.2) is 72.8 Å². The minimum absolute atomic E-state index is 0.270. The summed E-state index contributed by atoms with van der Waals surface area (Å²) in [5, 5.41) is 0. The summed E-state index contributed by atoms with van der Waals surface area (Å²) in [5.74, 6) is 5.69. The highest BCUT2D eigenvalue weighted by atomic mass is 19.1. The summed E-state index contributed by atoms with van der Waals surface area (Å²) in [6, 6.07) is 23.2. The van der Waals surface area contributed by atoms with Crippen LogP contribution in [-0.4, -0.2) is 0 Å². The average molecular weight is 286 g/mol. The summed E-state index contributed by atoms with van der Waals surface area (Å²) >= 11 is 0. The third-order valence-corrected chi connectivity index (χ3v) is 3.55. The molecule has 3 aromatic carbocycles. The minimum atomic E-state index is -0.270. The van der Waals surface area contributed by atoms with Gasteiger partial charge in [0.15, 0.2) is 0 Å². The zero-order valence-corrected chi connectivity index (χ0v) is 12.3. The summed E-state index contributed by atoms with van der Waals surface area (Å²) in [6.45, 7) is 1.87. The van der Waals surface area contributed by atoms with Crippen molar-refractivity contribution in [3.8, 4) is 23.0 Å². The quantitative estimate of drug-likeness (QED) is 0.539. The first kappa shape index (κ1) is 14.1. The summed E-state index contributed by atoms with van der Waals surface area (Å²) in [4.78, 5) is 0. The molecule has 0 aliphatic heterocycles. The standard InChI is InChI=1S/C21H15F/c1-16-6-5-9-21(22)20(16)15-12-17-10-13-19(14-11-17)18-7-3-2-4-8-18/h2-11,13-14H,1H3. The Bertz CT molecular complexity index is 814. The maximum Gasteiger partial charge on any atom is 0.139 e. The van der Waals surface area contributed by atoms with Gasteiger partial charge in [0, 0.05) is 5.56 Å². The predicted molar refractivity (Wildman–Crippen MR) is 89.0 cm³/mol. The van der Waals surface area contributed by atoms with Crippen LogP contribution in [-0.2, 0) is 0 Å². The zero-order valence-electron chi connectivity index (χ0n) is 12.3. The van der Waals surface area contributed by atoms with Gasteiger partial charge in [-0.1, -0.05) is 66.4 Å².